The third-order valence-electron chi connectivity index (χ3n) is 7.92. The number of hydrogen-bond donors (Lipinski definition) is 3. The zero-order chi connectivity index (χ0) is 36.0. The second-order valence-electron chi connectivity index (χ2n) is 11.7. The molecule has 0 spiro atoms. The Bertz CT molecular complexity index is 1520. The van der Waals surface area contributed by atoms with E-state index in [0.717, 1.165) is 17.3 Å². The summed E-state index contributed by atoms with van der Waals surface area (Å²) in [6.07, 6.45) is 0.985. The number of carbonyl (C=O) groups is 5. The van der Waals surface area contributed by atoms with Gasteiger partial charge in [0.25, 0.3) is 5.91 Å². The number of rotatable bonds is 13. The molecule has 0 bridgehead atoms. The Morgan fingerprint density at radius 3 is 2.27 bits per heavy atom. The molecule has 2 aliphatic heterocycles. The molecular formula is C32H38Cl3N5O7S2. The van der Waals surface area contributed by atoms with Crippen molar-refractivity contribution < 1.29 is 33.4 Å². The number of amides is 5. The van der Waals surface area contributed by atoms with Crippen LogP contribution in [-0.4, -0.2) is 97.0 Å². The van der Waals surface area contributed by atoms with E-state index in [1.807, 2.05) is 44.2 Å². The molecule has 1 unspecified atom stereocenters. The highest BCUT2D eigenvalue weighted by molar-refractivity contribution is 8.05. The summed E-state index contributed by atoms with van der Waals surface area (Å²) in [6.45, 7) is 5.43. The summed E-state index contributed by atoms with van der Waals surface area (Å²) >= 11 is 19.5. The zero-order valence-corrected chi connectivity index (χ0v) is 31.1. The minimum atomic E-state index is -1.76. The van der Waals surface area contributed by atoms with Crippen molar-refractivity contribution in [3.05, 3.63) is 71.8 Å². The van der Waals surface area contributed by atoms with E-state index in [1.54, 1.807) is 43.5 Å². The summed E-state index contributed by atoms with van der Waals surface area (Å²) in [5.41, 5.74) is 1.30. The Morgan fingerprint density at radius 1 is 1.04 bits per heavy atom. The van der Waals surface area contributed by atoms with Crippen molar-refractivity contribution in [2.24, 2.45) is 0 Å². The van der Waals surface area contributed by atoms with E-state index < -0.39 is 67.4 Å². The summed E-state index contributed by atoms with van der Waals surface area (Å²) in [6, 6.07) is 15.1. The van der Waals surface area contributed by atoms with Crippen LogP contribution in [0.25, 0.3) is 0 Å². The van der Waals surface area contributed by atoms with Gasteiger partial charge in [-0.15, -0.1) is 23.5 Å². The largest absolute Gasteiger partial charge is 0.459 e. The molecule has 0 aromatic heterocycles. The van der Waals surface area contributed by atoms with E-state index >= 15 is 0 Å². The monoisotopic (exact) mass is 773 g/mol. The summed E-state index contributed by atoms with van der Waals surface area (Å²) in [7, 11) is 0. The maximum absolute atomic E-state index is 13.9. The molecule has 0 radical (unpaired) electrons. The van der Waals surface area contributed by atoms with Crippen LogP contribution in [0.5, 0.6) is 0 Å². The third kappa shape index (κ3) is 9.20. The lowest BCUT2D eigenvalue weighted by Crippen LogP contribution is -2.78. The highest BCUT2D eigenvalue weighted by atomic mass is 35.6. The predicted molar refractivity (Wildman–Crippen MR) is 191 cm³/mol. The molecule has 2 fully saturated rings. The lowest BCUT2D eigenvalue weighted by atomic mass is 9.95. The molecular weight excluding hydrogens is 737 g/mol. The highest BCUT2D eigenvalue weighted by Crippen LogP contribution is 2.58. The van der Waals surface area contributed by atoms with Crippen molar-refractivity contribution in [1.29, 1.82) is 0 Å². The van der Waals surface area contributed by atoms with E-state index in [9.17, 15) is 24.0 Å². The van der Waals surface area contributed by atoms with Crippen molar-refractivity contribution >= 4 is 88.2 Å². The lowest BCUT2D eigenvalue weighted by molar-refractivity contribution is -0.167. The number of benzene rings is 2. The van der Waals surface area contributed by atoms with Gasteiger partial charge in [-0.3, -0.25) is 9.59 Å². The van der Waals surface area contributed by atoms with E-state index in [-0.39, 0.29) is 26.2 Å². The molecule has 266 valence electrons. The first-order valence-corrected chi connectivity index (χ1v) is 18.5. The number of hydrogen-bond acceptors (Lipinski definition) is 9. The summed E-state index contributed by atoms with van der Waals surface area (Å²) in [4.78, 5) is 67.9. The fourth-order valence-corrected chi connectivity index (χ4v) is 8.44. The maximum Gasteiger partial charge on any atom is 0.409 e. The maximum atomic E-state index is 13.9. The molecule has 2 aliphatic rings. The van der Waals surface area contributed by atoms with Gasteiger partial charge in [-0.2, -0.15) is 0 Å². The number of nitrogens with zero attached hydrogens (tertiary/aromatic N) is 2. The van der Waals surface area contributed by atoms with E-state index in [1.165, 1.54) is 21.6 Å². The fraction of sp³-hybridized carbons (Fsp3) is 0.469. The first-order chi connectivity index (χ1) is 23.1. The van der Waals surface area contributed by atoms with Crippen LogP contribution in [0.15, 0.2) is 60.7 Å². The topological polar surface area (TPSA) is 146 Å². The number of carbonyl (C=O) groups excluding carboxylic acids is 5. The van der Waals surface area contributed by atoms with Gasteiger partial charge >= 0.3 is 18.1 Å². The molecule has 0 aliphatic carbocycles. The minimum absolute atomic E-state index is 0.0173. The smallest absolute Gasteiger partial charge is 0.409 e. The quantitative estimate of drug-likeness (QED) is 0.113. The Hall–Kier alpha value is -3.04. The van der Waals surface area contributed by atoms with Crippen LogP contribution in [0.1, 0.15) is 37.9 Å². The molecule has 3 N–H and O–H groups in total. The molecule has 2 aromatic rings. The molecule has 4 atom stereocenters. The molecule has 5 amide bonds. The van der Waals surface area contributed by atoms with Crippen LogP contribution >= 0.6 is 58.3 Å². The molecule has 12 nitrogen and oxygen atoms in total. The van der Waals surface area contributed by atoms with Crippen molar-refractivity contribution in [2.75, 3.05) is 32.5 Å². The average molecular weight is 775 g/mol. The van der Waals surface area contributed by atoms with Crippen LogP contribution in [0.3, 0.4) is 0 Å². The summed E-state index contributed by atoms with van der Waals surface area (Å²) < 4.78 is 8.14. The molecule has 2 saturated heterocycles. The molecule has 0 saturated carbocycles. The van der Waals surface area contributed by atoms with Gasteiger partial charge in [0, 0.05) is 24.4 Å². The fourth-order valence-electron chi connectivity index (χ4n) is 5.47. The Balaban J connectivity index is 1.42. The number of nitrogens with one attached hydrogen (secondary N) is 3. The molecule has 2 heterocycles. The van der Waals surface area contributed by atoms with Gasteiger partial charge in [-0.25, -0.2) is 14.4 Å². The molecule has 49 heavy (non-hydrogen) atoms. The number of likely N-dealkylation sites (N-methyl/N-ethyl adjacent to an activating group) is 1. The SMILES string of the molecule is CCN(CCNC(=O)NC(C(=O)N[C@]1(SC)C(=O)N2[C@@H](C(=O)OCc3ccccc3)C(C)(C)S[C@@H]21)c1ccccc1)C(=O)OCC(Cl)(Cl)Cl. The minimum Gasteiger partial charge on any atom is -0.459 e. The average Bonchev–Trinajstić information content (AvgIpc) is 3.34. The number of halogens is 3. The summed E-state index contributed by atoms with van der Waals surface area (Å²) in [5, 5.41) is 7.65. The zero-order valence-electron chi connectivity index (χ0n) is 27.2. The Morgan fingerprint density at radius 2 is 1.67 bits per heavy atom. The van der Waals surface area contributed by atoms with Gasteiger partial charge in [0.05, 0.1) is 0 Å². The van der Waals surface area contributed by atoms with Gasteiger partial charge in [0.1, 0.15) is 30.7 Å². The van der Waals surface area contributed by atoms with Gasteiger partial charge in [-0.05, 0) is 38.2 Å². The van der Waals surface area contributed by atoms with E-state index in [0.29, 0.717) is 5.56 Å². The van der Waals surface area contributed by atoms with Gasteiger partial charge in [0.15, 0.2) is 4.87 Å². The standard InChI is InChI=1S/C32H38Cl3N5O7S2/c1-5-39(29(45)47-19-31(33,34)35)17-16-36-28(44)37-22(21-14-10-7-11-15-21)24(41)38-32(48-4)26(43)40-23(30(2,3)49-27(32)40)25(42)46-18-20-12-8-6-9-13-20/h6-15,22-23,27H,5,16-19H2,1-4H3,(H,38,41)(H2,36,37,44)/t22?,23-,27+,32-/m0/s1. The van der Waals surface area contributed by atoms with Crippen molar-refractivity contribution in [3.63, 3.8) is 0 Å². The number of fused-ring (bicyclic) bond motifs is 1. The highest BCUT2D eigenvalue weighted by Gasteiger charge is 2.72. The number of alkyl halides is 3. The number of urea groups is 1. The number of β-lactam (4-membered cyclic amide) rings is 1. The third-order valence-corrected chi connectivity index (χ3v) is 11.2. The van der Waals surface area contributed by atoms with E-state index in [2.05, 4.69) is 16.0 Å². The second-order valence-corrected chi connectivity index (χ2v) is 17.0. The number of thioether (sulfide) groups is 2. The predicted octanol–water partition coefficient (Wildman–Crippen LogP) is 4.84. The normalized spacial score (nSPS) is 21.4. The lowest BCUT2D eigenvalue weighted by Gasteiger charge is -2.52. The molecule has 2 aromatic carbocycles. The van der Waals surface area contributed by atoms with Crippen LogP contribution in [0.4, 0.5) is 9.59 Å². The van der Waals surface area contributed by atoms with Gasteiger partial charge in [0.2, 0.25) is 9.70 Å². The van der Waals surface area contributed by atoms with E-state index in [4.69, 9.17) is 44.3 Å². The van der Waals surface area contributed by atoms with Crippen LogP contribution in [-0.2, 0) is 30.5 Å². The van der Waals surface area contributed by atoms with Crippen LogP contribution in [0.2, 0.25) is 0 Å². The van der Waals surface area contributed by atoms with Crippen LogP contribution < -0.4 is 16.0 Å². The first-order valence-electron chi connectivity index (χ1n) is 15.3. The van der Waals surface area contributed by atoms with Crippen molar-refractivity contribution in [3.8, 4) is 0 Å². The second kappa shape index (κ2) is 16.3. The molecule has 17 heteroatoms. The molecule has 4 rings (SSSR count). The van der Waals surface area contributed by atoms with Gasteiger partial charge in [-0.1, -0.05) is 95.5 Å². The Kier molecular flexibility index (Phi) is 12.9. The number of esters is 1. The first kappa shape index (κ1) is 38.8. The van der Waals surface area contributed by atoms with Crippen LogP contribution in [0, 0.1) is 0 Å². The van der Waals surface area contributed by atoms with Crippen molar-refractivity contribution in [2.45, 2.75) is 58.2 Å². The summed E-state index contributed by atoms with van der Waals surface area (Å²) in [5.74, 6) is -1.59. The number of ether oxygens (including phenoxy) is 2. The van der Waals surface area contributed by atoms with Gasteiger partial charge < -0.3 is 35.2 Å². The Labute approximate surface area is 308 Å². The van der Waals surface area contributed by atoms with Crippen molar-refractivity contribution in [1.82, 2.24) is 25.8 Å².